The first-order chi connectivity index (χ1) is 10.5. The Balaban J connectivity index is 1.77. The summed E-state index contributed by atoms with van der Waals surface area (Å²) in [4.78, 5) is 14.1. The number of halogens is 3. The summed E-state index contributed by atoms with van der Waals surface area (Å²) in [7, 11) is 0. The molecule has 0 saturated carbocycles. The molecule has 0 aliphatic carbocycles. The largest absolute Gasteiger partial charge is 0.416 e. The van der Waals surface area contributed by atoms with Gasteiger partial charge in [-0.2, -0.15) is 13.2 Å². The third kappa shape index (κ3) is 4.99. The van der Waals surface area contributed by atoms with E-state index in [1.54, 1.807) is 0 Å². The second kappa shape index (κ2) is 7.60. The summed E-state index contributed by atoms with van der Waals surface area (Å²) in [6.07, 6.45) is -3.68. The van der Waals surface area contributed by atoms with Crippen LogP contribution in [-0.4, -0.2) is 50.2 Å². The van der Waals surface area contributed by atoms with Gasteiger partial charge in [0.15, 0.2) is 0 Å². The van der Waals surface area contributed by atoms with Crippen molar-refractivity contribution in [2.45, 2.75) is 12.6 Å². The Morgan fingerprint density at radius 2 is 2.00 bits per heavy atom. The van der Waals surface area contributed by atoms with Crippen LogP contribution in [-0.2, 0) is 10.9 Å². The molecule has 1 aromatic rings. The maximum Gasteiger partial charge on any atom is 0.416 e. The molecule has 0 bridgehead atoms. The van der Waals surface area contributed by atoms with Crippen molar-refractivity contribution >= 4 is 5.91 Å². The van der Waals surface area contributed by atoms with Gasteiger partial charge in [-0.05, 0) is 31.2 Å². The Labute approximate surface area is 127 Å². The number of carbonyl (C=O) groups is 1. The number of ether oxygens (including phenoxy) is 1. The van der Waals surface area contributed by atoms with Crippen molar-refractivity contribution in [3.8, 4) is 0 Å². The molecule has 22 heavy (non-hydrogen) atoms. The topological polar surface area (TPSA) is 41.6 Å². The number of hydrogen-bond donors (Lipinski definition) is 1. The number of alkyl halides is 3. The van der Waals surface area contributed by atoms with Crippen molar-refractivity contribution in [3.05, 3.63) is 35.4 Å². The Bertz CT molecular complexity index is 500. The van der Waals surface area contributed by atoms with Gasteiger partial charge in [0.1, 0.15) is 0 Å². The number of nitrogens with zero attached hydrogens (tertiary/aromatic N) is 1. The normalized spacial score (nSPS) is 16.5. The molecule has 1 saturated heterocycles. The lowest BCUT2D eigenvalue weighted by atomic mass is 10.1. The Morgan fingerprint density at radius 3 is 2.68 bits per heavy atom. The van der Waals surface area contributed by atoms with Crippen LogP contribution >= 0.6 is 0 Å². The summed E-state index contributed by atoms with van der Waals surface area (Å²) in [5, 5.41) is 2.65. The minimum atomic E-state index is -4.44. The molecule has 4 nitrogen and oxygen atoms in total. The SMILES string of the molecule is O=C(NCCCN1CCOCC1)c1cccc(C(F)(F)F)c1. The van der Waals surface area contributed by atoms with Gasteiger partial charge >= 0.3 is 6.18 Å². The van der Waals surface area contributed by atoms with Crippen LogP contribution in [0.4, 0.5) is 13.2 Å². The molecule has 0 aromatic heterocycles. The van der Waals surface area contributed by atoms with Crippen LogP contribution in [0.3, 0.4) is 0 Å². The zero-order chi connectivity index (χ0) is 16.0. The molecule has 0 atom stereocenters. The molecule has 0 radical (unpaired) electrons. The zero-order valence-corrected chi connectivity index (χ0v) is 12.2. The van der Waals surface area contributed by atoms with Gasteiger partial charge in [-0.25, -0.2) is 0 Å². The minimum Gasteiger partial charge on any atom is -0.379 e. The molecule has 1 aliphatic rings. The van der Waals surface area contributed by atoms with Crippen LogP contribution < -0.4 is 5.32 Å². The van der Waals surface area contributed by atoms with Crippen molar-refractivity contribution in [1.82, 2.24) is 10.2 Å². The molecule has 2 rings (SSSR count). The highest BCUT2D eigenvalue weighted by Gasteiger charge is 2.30. The van der Waals surface area contributed by atoms with E-state index in [-0.39, 0.29) is 5.56 Å². The molecule has 7 heteroatoms. The first-order valence-corrected chi connectivity index (χ1v) is 7.22. The van der Waals surface area contributed by atoms with Gasteiger partial charge in [0.05, 0.1) is 18.8 Å². The number of carbonyl (C=O) groups excluding carboxylic acids is 1. The quantitative estimate of drug-likeness (QED) is 0.847. The van der Waals surface area contributed by atoms with Crippen LogP contribution in [0, 0.1) is 0 Å². The maximum atomic E-state index is 12.6. The smallest absolute Gasteiger partial charge is 0.379 e. The van der Waals surface area contributed by atoms with Gasteiger partial charge < -0.3 is 10.1 Å². The van der Waals surface area contributed by atoms with Gasteiger partial charge in [-0.15, -0.1) is 0 Å². The fourth-order valence-corrected chi connectivity index (χ4v) is 2.27. The van der Waals surface area contributed by atoms with E-state index in [1.807, 2.05) is 0 Å². The van der Waals surface area contributed by atoms with E-state index in [4.69, 9.17) is 4.74 Å². The number of morpholine rings is 1. The lowest BCUT2D eigenvalue weighted by Crippen LogP contribution is -2.38. The monoisotopic (exact) mass is 316 g/mol. The zero-order valence-electron chi connectivity index (χ0n) is 12.2. The van der Waals surface area contributed by atoms with E-state index in [9.17, 15) is 18.0 Å². The second-order valence-corrected chi connectivity index (χ2v) is 5.14. The van der Waals surface area contributed by atoms with E-state index in [0.29, 0.717) is 6.54 Å². The lowest BCUT2D eigenvalue weighted by Gasteiger charge is -2.26. The predicted molar refractivity (Wildman–Crippen MR) is 75.7 cm³/mol. The van der Waals surface area contributed by atoms with Crippen LogP contribution in [0.25, 0.3) is 0 Å². The molecule has 1 aromatic carbocycles. The van der Waals surface area contributed by atoms with E-state index >= 15 is 0 Å². The van der Waals surface area contributed by atoms with Gasteiger partial charge in [-0.3, -0.25) is 9.69 Å². The van der Waals surface area contributed by atoms with E-state index in [2.05, 4.69) is 10.2 Å². The first-order valence-electron chi connectivity index (χ1n) is 7.22. The molecule has 0 spiro atoms. The summed E-state index contributed by atoms with van der Waals surface area (Å²) >= 11 is 0. The van der Waals surface area contributed by atoms with Gasteiger partial charge in [0.2, 0.25) is 0 Å². The van der Waals surface area contributed by atoms with Crippen molar-refractivity contribution in [2.24, 2.45) is 0 Å². The Kier molecular flexibility index (Phi) is 5.79. The molecular weight excluding hydrogens is 297 g/mol. The molecule has 0 unspecified atom stereocenters. The van der Waals surface area contributed by atoms with E-state index in [0.717, 1.165) is 51.4 Å². The number of nitrogens with one attached hydrogen (secondary N) is 1. The maximum absolute atomic E-state index is 12.6. The first kappa shape index (κ1) is 16.8. The second-order valence-electron chi connectivity index (χ2n) is 5.14. The van der Waals surface area contributed by atoms with Crippen LogP contribution in [0.5, 0.6) is 0 Å². The van der Waals surface area contributed by atoms with Crippen LogP contribution in [0.2, 0.25) is 0 Å². The standard InChI is InChI=1S/C15H19F3N2O2/c16-15(17,18)13-4-1-3-12(11-13)14(21)19-5-2-6-20-7-9-22-10-8-20/h1,3-4,11H,2,5-10H2,(H,19,21). The van der Waals surface area contributed by atoms with Crippen LogP contribution in [0.15, 0.2) is 24.3 Å². The van der Waals surface area contributed by atoms with Crippen molar-refractivity contribution in [1.29, 1.82) is 0 Å². The van der Waals surface area contributed by atoms with Gasteiger partial charge in [0.25, 0.3) is 5.91 Å². The van der Waals surface area contributed by atoms with Crippen molar-refractivity contribution < 1.29 is 22.7 Å². The molecule has 1 fully saturated rings. The highest BCUT2D eigenvalue weighted by atomic mass is 19.4. The number of amides is 1. The molecule has 1 amide bonds. The predicted octanol–water partition coefficient (Wildman–Crippen LogP) is 2.16. The average molecular weight is 316 g/mol. The summed E-state index contributed by atoms with van der Waals surface area (Å²) in [5.74, 6) is -0.479. The summed E-state index contributed by atoms with van der Waals surface area (Å²) in [6, 6.07) is 4.45. The third-order valence-electron chi connectivity index (χ3n) is 3.49. The molecule has 1 aliphatic heterocycles. The van der Waals surface area contributed by atoms with Crippen molar-refractivity contribution in [2.75, 3.05) is 39.4 Å². The Hall–Kier alpha value is -1.60. The highest BCUT2D eigenvalue weighted by molar-refractivity contribution is 5.94. The third-order valence-corrected chi connectivity index (χ3v) is 3.49. The fraction of sp³-hybridized carbons (Fsp3) is 0.533. The minimum absolute atomic E-state index is 0.0289. The van der Waals surface area contributed by atoms with Crippen molar-refractivity contribution in [3.63, 3.8) is 0 Å². The summed E-state index contributed by atoms with van der Waals surface area (Å²) < 4.78 is 43.0. The molecule has 1 N–H and O–H groups in total. The summed E-state index contributed by atoms with van der Waals surface area (Å²) in [5.41, 5.74) is -0.783. The fourth-order valence-electron chi connectivity index (χ4n) is 2.27. The van der Waals surface area contributed by atoms with E-state index in [1.165, 1.54) is 12.1 Å². The highest BCUT2D eigenvalue weighted by Crippen LogP contribution is 2.29. The average Bonchev–Trinajstić information content (AvgIpc) is 2.52. The Morgan fingerprint density at radius 1 is 1.27 bits per heavy atom. The lowest BCUT2D eigenvalue weighted by molar-refractivity contribution is -0.137. The number of benzene rings is 1. The van der Waals surface area contributed by atoms with Crippen LogP contribution in [0.1, 0.15) is 22.3 Å². The molecule has 1 heterocycles. The van der Waals surface area contributed by atoms with Gasteiger partial charge in [-0.1, -0.05) is 6.07 Å². The summed E-state index contributed by atoms with van der Waals surface area (Å²) in [6.45, 7) is 4.47. The molecule has 122 valence electrons. The van der Waals surface area contributed by atoms with Gasteiger partial charge in [0, 0.05) is 25.2 Å². The van der Waals surface area contributed by atoms with E-state index < -0.39 is 17.6 Å². The molecular formula is C15H19F3N2O2. The number of rotatable bonds is 5. The number of hydrogen-bond acceptors (Lipinski definition) is 3.